The second-order valence-electron chi connectivity index (χ2n) is 8.24. The van der Waals surface area contributed by atoms with Crippen LogP contribution in [0.5, 0.6) is 0 Å². The van der Waals surface area contributed by atoms with Crippen LogP contribution in [0.3, 0.4) is 0 Å². The number of nitrogens with one attached hydrogen (secondary N) is 1. The Morgan fingerprint density at radius 3 is 2.51 bits per heavy atom. The van der Waals surface area contributed by atoms with Gasteiger partial charge in [-0.3, -0.25) is 14.2 Å². The van der Waals surface area contributed by atoms with Gasteiger partial charge in [0.2, 0.25) is 0 Å². The Bertz CT molecular complexity index is 1610. The lowest BCUT2D eigenvalue weighted by molar-refractivity contribution is -0.137. The predicted molar refractivity (Wildman–Crippen MR) is 130 cm³/mol. The average molecular weight is 516 g/mol. The van der Waals surface area contributed by atoms with Crippen LogP contribution < -0.4 is 5.56 Å². The maximum atomic E-state index is 13.2. The van der Waals surface area contributed by atoms with Crippen molar-refractivity contribution in [3.05, 3.63) is 103 Å². The van der Waals surface area contributed by atoms with Crippen LogP contribution in [0, 0.1) is 4.77 Å². The predicted octanol–water partition coefficient (Wildman–Crippen LogP) is 5.92. The fourth-order valence-electron chi connectivity index (χ4n) is 4.28. The first-order valence-electron chi connectivity index (χ1n) is 10.7. The Balaban J connectivity index is 1.54. The molecular weight excluding hydrogens is 499 g/mol. The van der Waals surface area contributed by atoms with E-state index in [2.05, 4.69) is 11.1 Å². The van der Waals surface area contributed by atoms with Gasteiger partial charge in [0.1, 0.15) is 0 Å². The summed E-state index contributed by atoms with van der Waals surface area (Å²) in [6.45, 7) is 1.05. The van der Waals surface area contributed by atoms with Crippen molar-refractivity contribution < 1.29 is 18.0 Å². The van der Waals surface area contributed by atoms with Crippen molar-refractivity contribution in [3.63, 3.8) is 0 Å². The number of hydrogen-bond acceptors (Lipinski definition) is 3. The Morgan fingerprint density at radius 2 is 1.77 bits per heavy atom. The number of halogens is 4. The number of aromatic amines is 1. The largest absolute Gasteiger partial charge is 0.416 e. The van der Waals surface area contributed by atoms with Gasteiger partial charge < -0.3 is 9.88 Å². The summed E-state index contributed by atoms with van der Waals surface area (Å²) in [5.41, 5.74) is 1.21. The Hall–Kier alpha value is -3.43. The zero-order valence-corrected chi connectivity index (χ0v) is 19.6. The number of aromatic nitrogens is 2. The molecule has 0 bridgehead atoms. The Morgan fingerprint density at radius 1 is 1.03 bits per heavy atom. The lowest BCUT2D eigenvalue weighted by atomic mass is 9.99. The minimum absolute atomic E-state index is 0.0591. The molecule has 1 N–H and O–H groups in total. The van der Waals surface area contributed by atoms with Crippen molar-refractivity contribution in [2.75, 3.05) is 6.54 Å². The Labute approximate surface area is 207 Å². The minimum Gasteiger partial charge on any atom is -0.334 e. The molecule has 0 saturated carbocycles. The third-order valence-electron chi connectivity index (χ3n) is 6.08. The third kappa shape index (κ3) is 4.26. The molecule has 35 heavy (non-hydrogen) atoms. The summed E-state index contributed by atoms with van der Waals surface area (Å²) in [5, 5.41) is 0.101. The highest BCUT2D eigenvalue weighted by atomic mass is 35.5. The Kier molecular flexibility index (Phi) is 5.77. The van der Waals surface area contributed by atoms with Gasteiger partial charge in [-0.15, -0.1) is 0 Å². The molecule has 3 aromatic carbocycles. The summed E-state index contributed by atoms with van der Waals surface area (Å²) in [5.74, 6) is -0.189. The molecule has 4 aromatic rings. The zero-order chi connectivity index (χ0) is 24.9. The zero-order valence-electron chi connectivity index (χ0n) is 18.0. The van der Waals surface area contributed by atoms with E-state index in [9.17, 15) is 22.8 Å². The smallest absolute Gasteiger partial charge is 0.334 e. The summed E-state index contributed by atoms with van der Waals surface area (Å²) in [6.07, 6.45) is -3.87. The number of nitrogens with zero attached hydrogens (tertiary/aromatic N) is 2. The van der Waals surface area contributed by atoms with Crippen molar-refractivity contribution in [2.45, 2.75) is 19.1 Å². The van der Waals surface area contributed by atoms with E-state index in [-0.39, 0.29) is 26.8 Å². The molecular formula is C25H17ClF3N3O2S. The van der Waals surface area contributed by atoms with Gasteiger partial charge in [-0.25, -0.2) is 0 Å². The van der Waals surface area contributed by atoms with Crippen LogP contribution in [-0.4, -0.2) is 26.9 Å². The maximum absolute atomic E-state index is 13.2. The lowest BCUT2D eigenvalue weighted by Gasteiger charge is -2.29. The molecule has 1 aliphatic heterocycles. The first-order valence-corrected chi connectivity index (χ1v) is 11.4. The molecule has 10 heteroatoms. The molecule has 1 amide bonds. The highest BCUT2D eigenvalue weighted by Crippen LogP contribution is 2.33. The van der Waals surface area contributed by atoms with Crippen molar-refractivity contribution in [3.8, 4) is 5.69 Å². The van der Waals surface area contributed by atoms with E-state index < -0.39 is 17.3 Å². The van der Waals surface area contributed by atoms with Gasteiger partial charge in [0.05, 0.1) is 27.2 Å². The van der Waals surface area contributed by atoms with E-state index in [0.29, 0.717) is 24.2 Å². The van der Waals surface area contributed by atoms with Gasteiger partial charge in [0, 0.05) is 18.7 Å². The van der Waals surface area contributed by atoms with E-state index in [1.165, 1.54) is 23.8 Å². The summed E-state index contributed by atoms with van der Waals surface area (Å²) < 4.78 is 40.5. The van der Waals surface area contributed by atoms with Gasteiger partial charge in [-0.1, -0.05) is 35.9 Å². The molecule has 0 radical (unpaired) electrons. The molecule has 5 rings (SSSR count). The number of benzene rings is 3. The summed E-state index contributed by atoms with van der Waals surface area (Å²) in [7, 11) is 0. The molecule has 0 atom stereocenters. The van der Waals surface area contributed by atoms with Crippen molar-refractivity contribution >= 4 is 40.6 Å². The van der Waals surface area contributed by atoms with Crippen LogP contribution in [0.15, 0.2) is 65.5 Å². The van der Waals surface area contributed by atoms with Crippen LogP contribution in [0.25, 0.3) is 16.6 Å². The number of carbonyl (C=O) groups excluding carboxylic acids is 1. The average Bonchev–Trinajstić information content (AvgIpc) is 2.83. The van der Waals surface area contributed by atoms with Crippen LogP contribution in [-0.2, 0) is 19.1 Å². The van der Waals surface area contributed by atoms with E-state index in [1.54, 1.807) is 4.90 Å². The summed E-state index contributed by atoms with van der Waals surface area (Å²) in [6, 6.07) is 15.2. The second-order valence-corrected chi connectivity index (χ2v) is 9.03. The second kappa shape index (κ2) is 8.66. The van der Waals surface area contributed by atoms with Gasteiger partial charge in [-0.2, -0.15) is 13.2 Å². The quantitative estimate of drug-likeness (QED) is 0.337. The lowest BCUT2D eigenvalue weighted by Crippen LogP contribution is -2.36. The number of fused-ring (bicyclic) bond motifs is 2. The molecule has 0 saturated heterocycles. The third-order valence-corrected chi connectivity index (χ3v) is 6.68. The topological polar surface area (TPSA) is 58.1 Å². The molecule has 5 nitrogen and oxygen atoms in total. The molecule has 0 spiro atoms. The molecule has 1 aromatic heterocycles. The van der Waals surface area contributed by atoms with E-state index in [0.717, 1.165) is 34.8 Å². The monoisotopic (exact) mass is 515 g/mol. The van der Waals surface area contributed by atoms with Gasteiger partial charge in [0.25, 0.3) is 11.5 Å². The molecule has 0 fully saturated rings. The first kappa shape index (κ1) is 23.3. The minimum atomic E-state index is -4.62. The number of alkyl halides is 3. The fraction of sp³-hybridized carbons (Fsp3) is 0.160. The van der Waals surface area contributed by atoms with Gasteiger partial charge >= 0.3 is 6.18 Å². The molecule has 2 heterocycles. The van der Waals surface area contributed by atoms with Crippen LogP contribution in [0.4, 0.5) is 13.2 Å². The standard InChI is InChI=1S/C25H17ClF3N3O2S/c26-19-8-6-17(25(27,28)29)12-21(19)32-23(34)18-7-5-15(11-20(18)30-24(32)35)22(33)31-10-9-14-3-1-2-4-16(14)13-31/h1-8,11-12H,9-10,13H2,(H,30,35). The number of H-pyrrole nitrogens is 1. The summed E-state index contributed by atoms with van der Waals surface area (Å²) in [4.78, 5) is 31.0. The maximum Gasteiger partial charge on any atom is 0.416 e. The van der Waals surface area contributed by atoms with Crippen molar-refractivity contribution in [1.29, 1.82) is 0 Å². The van der Waals surface area contributed by atoms with Crippen molar-refractivity contribution in [2.24, 2.45) is 0 Å². The van der Waals surface area contributed by atoms with Crippen molar-refractivity contribution in [1.82, 2.24) is 14.5 Å². The van der Waals surface area contributed by atoms with Crippen LogP contribution in [0.2, 0.25) is 5.02 Å². The molecule has 178 valence electrons. The van der Waals surface area contributed by atoms with Gasteiger partial charge in [-0.05, 0) is 66.2 Å². The van der Waals surface area contributed by atoms with Crippen LogP contribution >= 0.6 is 23.8 Å². The molecule has 1 aliphatic rings. The molecule has 0 aliphatic carbocycles. The SMILES string of the molecule is O=C(c1ccc2c(=O)n(-c3cc(C(F)(F)F)ccc3Cl)c(=S)[nH]c2c1)N1CCc2ccccc2C1. The van der Waals surface area contributed by atoms with E-state index in [1.807, 2.05) is 18.2 Å². The van der Waals surface area contributed by atoms with Crippen LogP contribution in [0.1, 0.15) is 27.0 Å². The fourth-order valence-corrected chi connectivity index (χ4v) is 4.78. The molecule has 0 unspecified atom stereocenters. The van der Waals surface area contributed by atoms with Gasteiger partial charge in [0.15, 0.2) is 4.77 Å². The van der Waals surface area contributed by atoms with E-state index >= 15 is 0 Å². The normalized spacial score (nSPS) is 13.7. The highest BCUT2D eigenvalue weighted by molar-refractivity contribution is 7.71. The number of rotatable bonds is 2. The number of carbonyl (C=O) groups is 1. The highest BCUT2D eigenvalue weighted by Gasteiger charge is 2.31. The van der Waals surface area contributed by atoms with E-state index in [4.69, 9.17) is 23.8 Å². The first-order chi connectivity index (χ1) is 16.6. The number of hydrogen-bond donors (Lipinski definition) is 1. The number of amides is 1. The summed E-state index contributed by atoms with van der Waals surface area (Å²) >= 11 is 11.4.